The summed E-state index contributed by atoms with van der Waals surface area (Å²) in [6.07, 6.45) is 4.99. The van der Waals surface area contributed by atoms with E-state index in [0.717, 1.165) is 12.1 Å². The Bertz CT molecular complexity index is 422. The van der Waals surface area contributed by atoms with Crippen LogP contribution in [0.25, 0.3) is 11.3 Å². The lowest BCUT2D eigenvalue weighted by Crippen LogP contribution is -1.93. The second-order valence-corrected chi connectivity index (χ2v) is 2.96. The summed E-state index contributed by atoms with van der Waals surface area (Å²) < 4.78 is 1.69. The van der Waals surface area contributed by atoms with Gasteiger partial charge < -0.3 is 5.11 Å². The van der Waals surface area contributed by atoms with Gasteiger partial charge in [-0.1, -0.05) is 0 Å². The molecule has 4 heteroatoms. The molecule has 0 saturated heterocycles. The van der Waals surface area contributed by atoms with Crippen LogP contribution in [0.3, 0.4) is 0 Å². The summed E-state index contributed by atoms with van der Waals surface area (Å²) >= 11 is 0. The van der Waals surface area contributed by atoms with Gasteiger partial charge in [0.05, 0.1) is 6.20 Å². The fourth-order valence-electron chi connectivity index (χ4n) is 1.28. The average Bonchev–Trinajstić information content (AvgIpc) is 2.61. The molecule has 0 aliphatic rings. The van der Waals surface area contributed by atoms with Crippen molar-refractivity contribution in [2.45, 2.75) is 13.5 Å². The van der Waals surface area contributed by atoms with Crippen LogP contribution < -0.4 is 0 Å². The summed E-state index contributed by atoms with van der Waals surface area (Å²) in [7, 11) is 0. The molecule has 0 aliphatic heterocycles. The van der Waals surface area contributed by atoms with E-state index in [9.17, 15) is 5.11 Å². The molecule has 0 aromatic carbocycles. The van der Waals surface area contributed by atoms with Gasteiger partial charge in [-0.15, -0.1) is 0 Å². The maximum absolute atomic E-state index is 9.60. The highest BCUT2D eigenvalue weighted by Gasteiger charge is 2.08. The van der Waals surface area contributed by atoms with Crippen LogP contribution in [0, 0.1) is 0 Å². The largest absolute Gasteiger partial charge is 0.504 e. The van der Waals surface area contributed by atoms with E-state index in [4.69, 9.17) is 0 Å². The quantitative estimate of drug-likeness (QED) is 0.781. The average molecular weight is 189 g/mol. The van der Waals surface area contributed by atoms with E-state index >= 15 is 0 Å². The Morgan fingerprint density at radius 1 is 1.50 bits per heavy atom. The number of aromatic hydroxyl groups is 1. The van der Waals surface area contributed by atoms with Gasteiger partial charge in [0.25, 0.3) is 0 Å². The van der Waals surface area contributed by atoms with E-state index in [1.165, 1.54) is 0 Å². The first-order valence-corrected chi connectivity index (χ1v) is 4.48. The van der Waals surface area contributed by atoms with Gasteiger partial charge in [-0.25, -0.2) is 0 Å². The van der Waals surface area contributed by atoms with Crippen LogP contribution in [0.4, 0.5) is 0 Å². The zero-order valence-corrected chi connectivity index (χ0v) is 7.88. The molecule has 72 valence electrons. The Kier molecular flexibility index (Phi) is 2.18. The van der Waals surface area contributed by atoms with Crippen molar-refractivity contribution in [3.8, 4) is 17.0 Å². The smallest absolute Gasteiger partial charge is 0.161 e. The van der Waals surface area contributed by atoms with Gasteiger partial charge in [0.1, 0.15) is 5.69 Å². The third kappa shape index (κ3) is 1.46. The van der Waals surface area contributed by atoms with Gasteiger partial charge in [-0.3, -0.25) is 9.67 Å². The molecule has 0 bridgehead atoms. The molecule has 0 amide bonds. The Morgan fingerprint density at radius 3 is 2.93 bits per heavy atom. The highest BCUT2D eigenvalue weighted by Crippen LogP contribution is 2.25. The molecule has 2 aromatic rings. The van der Waals surface area contributed by atoms with E-state index in [1.54, 1.807) is 23.3 Å². The van der Waals surface area contributed by atoms with Crippen molar-refractivity contribution in [1.29, 1.82) is 0 Å². The third-order valence-corrected chi connectivity index (χ3v) is 2.00. The van der Waals surface area contributed by atoms with Gasteiger partial charge >= 0.3 is 0 Å². The summed E-state index contributed by atoms with van der Waals surface area (Å²) in [4.78, 5) is 3.98. The van der Waals surface area contributed by atoms with Crippen molar-refractivity contribution < 1.29 is 5.11 Å². The minimum Gasteiger partial charge on any atom is -0.504 e. The predicted molar refractivity (Wildman–Crippen MR) is 52.8 cm³/mol. The zero-order chi connectivity index (χ0) is 9.97. The number of pyridine rings is 1. The third-order valence-electron chi connectivity index (χ3n) is 2.00. The lowest BCUT2D eigenvalue weighted by molar-refractivity contribution is 0.475. The SMILES string of the molecule is CCn1cc(O)c(-c2cccnc2)n1. The maximum atomic E-state index is 9.60. The summed E-state index contributed by atoms with van der Waals surface area (Å²) in [5.41, 5.74) is 1.41. The number of aryl methyl sites for hydroxylation is 1. The van der Waals surface area contributed by atoms with Crippen LogP contribution in [0.2, 0.25) is 0 Å². The van der Waals surface area contributed by atoms with Gasteiger partial charge in [-0.2, -0.15) is 5.10 Å². The summed E-state index contributed by atoms with van der Waals surface area (Å²) in [5, 5.41) is 13.8. The van der Waals surface area contributed by atoms with Gasteiger partial charge in [-0.05, 0) is 19.1 Å². The lowest BCUT2D eigenvalue weighted by atomic mass is 10.2. The van der Waals surface area contributed by atoms with Crippen molar-refractivity contribution >= 4 is 0 Å². The summed E-state index contributed by atoms with van der Waals surface area (Å²) in [5.74, 6) is 0.194. The van der Waals surface area contributed by atoms with E-state index in [2.05, 4.69) is 10.1 Å². The molecule has 0 fully saturated rings. The number of hydrogen-bond acceptors (Lipinski definition) is 3. The zero-order valence-electron chi connectivity index (χ0n) is 7.88. The topological polar surface area (TPSA) is 50.9 Å². The molecule has 2 heterocycles. The van der Waals surface area contributed by atoms with Crippen molar-refractivity contribution in [1.82, 2.24) is 14.8 Å². The Balaban J connectivity index is 2.46. The van der Waals surface area contributed by atoms with E-state index < -0.39 is 0 Å². The molecular weight excluding hydrogens is 178 g/mol. The first-order chi connectivity index (χ1) is 6.81. The normalized spacial score (nSPS) is 10.4. The molecule has 0 radical (unpaired) electrons. The fourth-order valence-corrected chi connectivity index (χ4v) is 1.28. The molecule has 4 nitrogen and oxygen atoms in total. The molecule has 0 unspecified atom stereocenters. The first kappa shape index (κ1) is 8.74. The lowest BCUT2D eigenvalue weighted by Gasteiger charge is -1.95. The minimum atomic E-state index is 0.194. The monoisotopic (exact) mass is 189 g/mol. The predicted octanol–water partition coefficient (Wildman–Crippen LogP) is 1.67. The molecule has 0 atom stereocenters. The highest BCUT2D eigenvalue weighted by molar-refractivity contribution is 5.64. The van der Waals surface area contributed by atoms with E-state index in [1.807, 2.05) is 19.1 Å². The maximum Gasteiger partial charge on any atom is 0.161 e. The number of nitrogens with zero attached hydrogens (tertiary/aromatic N) is 3. The van der Waals surface area contributed by atoms with Crippen molar-refractivity contribution in [2.75, 3.05) is 0 Å². The van der Waals surface area contributed by atoms with Crippen molar-refractivity contribution in [3.05, 3.63) is 30.7 Å². The Labute approximate surface area is 81.8 Å². The molecule has 1 N–H and O–H groups in total. The van der Waals surface area contributed by atoms with Crippen LogP contribution in [0.5, 0.6) is 5.75 Å². The Hall–Kier alpha value is -1.84. The van der Waals surface area contributed by atoms with E-state index in [0.29, 0.717) is 5.69 Å². The molecule has 2 aromatic heterocycles. The van der Waals surface area contributed by atoms with E-state index in [-0.39, 0.29) is 5.75 Å². The highest BCUT2D eigenvalue weighted by atomic mass is 16.3. The van der Waals surface area contributed by atoms with Crippen LogP contribution in [-0.2, 0) is 6.54 Å². The minimum absolute atomic E-state index is 0.194. The molecule has 14 heavy (non-hydrogen) atoms. The first-order valence-electron chi connectivity index (χ1n) is 4.48. The second-order valence-electron chi connectivity index (χ2n) is 2.96. The van der Waals surface area contributed by atoms with Crippen molar-refractivity contribution in [2.24, 2.45) is 0 Å². The molecular formula is C10H11N3O. The van der Waals surface area contributed by atoms with Gasteiger partial charge in [0.15, 0.2) is 5.75 Å². The fraction of sp³-hybridized carbons (Fsp3) is 0.200. The number of aromatic nitrogens is 3. The molecule has 0 saturated carbocycles. The van der Waals surface area contributed by atoms with Gasteiger partial charge in [0, 0.05) is 24.5 Å². The Morgan fingerprint density at radius 2 is 2.36 bits per heavy atom. The van der Waals surface area contributed by atoms with Crippen LogP contribution >= 0.6 is 0 Å². The van der Waals surface area contributed by atoms with Crippen LogP contribution in [0.15, 0.2) is 30.7 Å². The van der Waals surface area contributed by atoms with Crippen LogP contribution in [-0.4, -0.2) is 19.9 Å². The van der Waals surface area contributed by atoms with Crippen LogP contribution in [0.1, 0.15) is 6.92 Å². The summed E-state index contributed by atoms with van der Waals surface area (Å²) in [6.45, 7) is 2.72. The van der Waals surface area contributed by atoms with Crippen molar-refractivity contribution in [3.63, 3.8) is 0 Å². The summed E-state index contributed by atoms with van der Waals surface area (Å²) in [6, 6.07) is 3.69. The molecule has 0 aliphatic carbocycles. The molecule has 0 spiro atoms. The number of rotatable bonds is 2. The van der Waals surface area contributed by atoms with Gasteiger partial charge in [0.2, 0.25) is 0 Å². The molecule has 2 rings (SSSR count). The number of hydrogen-bond donors (Lipinski definition) is 1. The standard InChI is InChI=1S/C10H11N3O/c1-2-13-7-9(14)10(12-13)8-4-3-5-11-6-8/h3-7,14H,2H2,1H3. The second kappa shape index (κ2) is 3.49.